The topological polar surface area (TPSA) is 3.01 Å². The van der Waals surface area contributed by atoms with Crippen LogP contribution in [0.1, 0.15) is 34.6 Å². The maximum atomic E-state index is 4.00. The van der Waals surface area contributed by atoms with Crippen LogP contribution in [0.3, 0.4) is 0 Å². The van der Waals surface area contributed by atoms with Crippen LogP contribution in [0.2, 0.25) is 0 Å². The minimum Gasteiger partial charge on any atom is -0.237 e. The van der Waals surface area contributed by atoms with E-state index < -0.39 is 0 Å². The summed E-state index contributed by atoms with van der Waals surface area (Å²) in [5, 5.41) is 0. The normalized spacial score (nSPS) is 35.1. The third kappa shape index (κ3) is 3.43. The molecule has 0 aromatic rings. The Balaban J connectivity index is 0. The summed E-state index contributed by atoms with van der Waals surface area (Å²) >= 11 is 0. The number of nitrogens with zero attached hydrogens (tertiary/aromatic N) is 1. The van der Waals surface area contributed by atoms with Crippen molar-refractivity contribution in [3.63, 3.8) is 0 Å². The highest BCUT2D eigenvalue weighted by Crippen LogP contribution is 2.29. The number of rotatable bonds is 0. The Morgan fingerprint density at radius 1 is 1.00 bits per heavy atom. The van der Waals surface area contributed by atoms with Crippen LogP contribution in [-0.4, -0.2) is 47.3 Å². The largest absolute Gasteiger partial charge is 0.237 e. The van der Waals surface area contributed by atoms with Crippen molar-refractivity contribution >= 4 is 29.6 Å². The van der Waals surface area contributed by atoms with Crippen LogP contribution < -0.4 is 0 Å². The molecule has 7 radical (unpaired) electrons. The Bertz CT molecular complexity index is 194. The second-order valence-electron chi connectivity index (χ2n) is 4.50. The zero-order chi connectivity index (χ0) is 11.5. The van der Waals surface area contributed by atoms with E-state index >= 15 is 0 Å². The van der Waals surface area contributed by atoms with E-state index in [2.05, 4.69) is 61.7 Å². The molecule has 0 aliphatic carbocycles. The van der Waals surface area contributed by atoms with E-state index in [0.717, 1.165) is 17.8 Å². The predicted molar refractivity (Wildman–Crippen MR) is 71.1 cm³/mol. The minimum atomic E-state index is 0. The molecule has 1 nitrogen and oxygen atoms in total. The van der Waals surface area contributed by atoms with Crippen LogP contribution in [0, 0.1) is 17.8 Å². The molecule has 1 rings (SSSR count). The van der Waals surface area contributed by atoms with E-state index in [1.54, 1.807) is 5.71 Å². The van der Waals surface area contributed by atoms with Gasteiger partial charge in [-0.2, -0.15) is 0 Å². The first-order chi connectivity index (χ1) is 6.46. The molecule has 0 fully saturated rings. The molecule has 0 spiro atoms. The van der Waals surface area contributed by atoms with Gasteiger partial charge in [-0.05, 0) is 12.8 Å². The van der Waals surface area contributed by atoms with Crippen LogP contribution in [-0.2, 0) is 0 Å². The van der Waals surface area contributed by atoms with E-state index in [4.69, 9.17) is 0 Å². The van der Waals surface area contributed by atoms with Gasteiger partial charge in [0.05, 0.1) is 0 Å². The quantitative estimate of drug-likeness (QED) is 0.409. The SMILES string of the molecule is CC1=[N+](C)C(C)C(C)[C@H](C)[C@@H]1C.[B].[B][B]. The van der Waals surface area contributed by atoms with Gasteiger partial charge >= 0.3 is 0 Å². The Morgan fingerprint density at radius 3 is 1.80 bits per heavy atom. The molecule has 0 saturated heterocycles. The Morgan fingerprint density at radius 2 is 1.40 bits per heavy atom. The smallest absolute Gasteiger partial charge is 0.152 e. The predicted octanol–water partition coefficient (Wildman–Crippen LogP) is 1.26. The van der Waals surface area contributed by atoms with Gasteiger partial charge < -0.3 is 0 Å². The molecular formula is C11H22B3N+. The summed E-state index contributed by atoms with van der Waals surface area (Å²) in [7, 11) is 10.2. The maximum Gasteiger partial charge on any atom is 0.152 e. The standard InChI is InChI=1S/C11H22N.B2.B/c1-7-8(2)10(4)12(6)11(5)9(7)3;1-2;/h7-10H,1-6H3;;/q+1;;/t7-,8?,9-,10?;;/m0../s1. The van der Waals surface area contributed by atoms with Crippen molar-refractivity contribution in [3.05, 3.63) is 0 Å². The highest BCUT2D eigenvalue weighted by Gasteiger charge is 2.37. The van der Waals surface area contributed by atoms with Gasteiger partial charge in [0, 0.05) is 42.6 Å². The van der Waals surface area contributed by atoms with Gasteiger partial charge in [0.25, 0.3) is 0 Å². The molecule has 0 aromatic heterocycles. The van der Waals surface area contributed by atoms with E-state index in [9.17, 15) is 0 Å². The molecule has 0 bridgehead atoms. The fourth-order valence-electron chi connectivity index (χ4n) is 2.27. The second-order valence-corrected chi connectivity index (χ2v) is 4.50. The molecule has 4 heteroatoms. The van der Waals surface area contributed by atoms with Gasteiger partial charge in [-0.1, -0.05) is 20.8 Å². The fourth-order valence-corrected chi connectivity index (χ4v) is 2.27. The summed E-state index contributed by atoms with van der Waals surface area (Å²) < 4.78 is 2.44. The van der Waals surface area contributed by atoms with Crippen molar-refractivity contribution in [2.45, 2.75) is 40.7 Å². The molecule has 0 aromatic carbocycles. The highest BCUT2D eigenvalue weighted by molar-refractivity contribution is 6.75. The molecule has 4 atom stereocenters. The van der Waals surface area contributed by atoms with Crippen molar-refractivity contribution in [2.24, 2.45) is 17.8 Å². The lowest BCUT2D eigenvalue weighted by Gasteiger charge is -2.33. The van der Waals surface area contributed by atoms with Gasteiger partial charge in [0.2, 0.25) is 0 Å². The molecule has 2 unspecified atom stereocenters. The molecular weight excluding hydrogens is 179 g/mol. The molecule has 0 amide bonds. The van der Waals surface area contributed by atoms with E-state index in [0.29, 0.717) is 6.04 Å². The zero-order valence-electron chi connectivity index (χ0n) is 11.0. The van der Waals surface area contributed by atoms with E-state index in [-0.39, 0.29) is 8.41 Å². The zero-order valence-corrected chi connectivity index (χ0v) is 11.0. The summed E-state index contributed by atoms with van der Waals surface area (Å²) in [4.78, 5) is 0. The Hall–Kier alpha value is -0.135. The van der Waals surface area contributed by atoms with Gasteiger partial charge in [-0.25, -0.2) is 4.58 Å². The highest BCUT2D eigenvalue weighted by atomic mass is 15.0. The third-order valence-electron chi connectivity index (χ3n) is 4.21. The maximum absolute atomic E-state index is 4.00. The molecule has 79 valence electrons. The van der Waals surface area contributed by atoms with Crippen molar-refractivity contribution in [1.82, 2.24) is 0 Å². The third-order valence-corrected chi connectivity index (χ3v) is 4.21. The van der Waals surface area contributed by atoms with Crippen LogP contribution in [0.15, 0.2) is 0 Å². The van der Waals surface area contributed by atoms with Gasteiger partial charge in [0.1, 0.15) is 7.05 Å². The van der Waals surface area contributed by atoms with E-state index in [1.165, 1.54) is 0 Å². The summed E-state index contributed by atoms with van der Waals surface area (Å²) in [5.41, 5.74) is 1.55. The Kier molecular flexibility index (Phi) is 8.28. The minimum absolute atomic E-state index is 0. The fraction of sp³-hybridized carbons (Fsp3) is 0.909. The van der Waals surface area contributed by atoms with Crippen molar-refractivity contribution in [1.29, 1.82) is 0 Å². The molecule has 1 aliphatic rings. The molecule has 0 saturated carbocycles. The summed E-state index contributed by atoms with van der Waals surface area (Å²) in [6.07, 6.45) is 0. The lowest BCUT2D eigenvalue weighted by Crippen LogP contribution is -2.44. The summed E-state index contributed by atoms with van der Waals surface area (Å²) in [6.45, 7) is 11.7. The molecule has 1 heterocycles. The van der Waals surface area contributed by atoms with Gasteiger partial charge in [-0.15, -0.1) is 0 Å². The summed E-state index contributed by atoms with van der Waals surface area (Å²) in [6, 6.07) is 0.705. The first kappa shape index (κ1) is 17.3. The van der Waals surface area contributed by atoms with Crippen LogP contribution in [0.25, 0.3) is 0 Å². The summed E-state index contributed by atoms with van der Waals surface area (Å²) in [5.74, 6) is 2.39. The van der Waals surface area contributed by atoms with Crippen molar-refractivity contribution in [2.75, 3.05) is 7.05 Å². The molecule has 15 heavy (non-hydrogen) atoms. The lowest BCUT2D eigenvalue weighted by molar-refractivity contribution is -0.553. The second kappa shape index (κ2) is 7.19. The lowest BCUT2D eigenvalue weighted by atomic mass is 9.76. The monoisotopic (exact) mass is 201 g/mol. The first-order valence-electron chi connectivity index (χ1n) is 5.36. The number of hydrogen-bond acceptors (Lipinski definition) is 0. The Labute approximate surface area is 100 Å². The first-order valence-corrected chi connectivity index (χ1v) is 5.36. The van der Waals surface area contributed by atoms with Crippen molar-refractivity contribution < 1.29 is 4.58 Å². The van der Waals surface area contributed by atoms with Crippen LogP contribution in [0.5, 0.6) is 0 Å². The van der Waals surface area contributed by atoms with Gasteiger partial charge in [-0.3, -0.25) is 0 Å². The van der Waals surface area contributed by atoms with Crippen LogP contribution >= 0.6 is 0 Å². The van der Waals surface area contributed by atoms with Crippen LogP contribution in [0.4, 0.5) is 0 Å². The average Bonchev–Trinajstić information content (AvgIpc) is 2.24. The molecule has 0 N–H and O–H groups in total. The van der Waals surface area contributed by atoms with E-state index in [1.807, 2.05) is 0 Å². The van der Waals surface area contributed by atoms with Crippen molar-refractivity contribution in [3.8, 4) is 0 Å². The average molecular weight is 201 g/mol. The number of hydrogen-bond donors (Lipinski definition) is 0. The van der Waals surface area contributed by atoms with Gasteiger partial charge in [0.15, 0.2) is 11.8 Å². The molecule has 1 aliphatic heterocycles.